The van der Waals surface area contributed by atoms with Crippen molar-refractivity contribution in [3.8, 4) is 5.75 Å². The first-order chi connectivity index (χ1) is 12.5. The molecule has 0 unspecified atom stereocenters. The van der Waals surface area contributed by atoms with Crippen molar-refractivity contribution in [2.45, 2.75) is 6.92 Å². The van der Waals surface area contributed by atoms with Gasteiger partial charge in [0.05, 0.1) is 23.9 Å². The average molecular weight is 370 g/mol. The van der Waals surface area contributed by atoms with Gasteiger partial charge in [-0.1, -0.05) is 11.3 Å². The highest BCUT2D eigenvalue weighted by atomic mass is 32.1. The Bertz CT molecular complexity index is 1130. The van der Waals surface area contributed by atoms with Crippen molar-refractivity contribution in [1.82, 2.24) is 4.98 Å². The third-order valence-electron chi connectivity index (χ3n) is 4.15. The monoisotopic (exact) mass is 370 g/mol. The van der Waals surface area contributed by atoms with Crippen LogP contribution in [-0.2, 0) is 0 Å². The van der Waals surface area contributed by atoms with E-state index in [1.165, 1.54) is 29.5 Å². The van der Waals surface area contributed by atoms with Crippen molar-refractivity contribution >= 4 is 43.4 Å². The van der Waals surface area contributed by atoms with E-state index in [-0.39, 0.29) is 23.9 Å². The number of aryl methyl sites for hydroxylation is 1. The maximum absolute atomic E-state index is 13.4. The Hall–Kier alpha value is -2.93. The molecule has 0 saturated heterocycles. The van der Waals surface area contributed by atoms with Crippen LogP contribution in [0.25, 0.3) is 21.2 Å². The van der Waals surface area contributed by atoms with Crippen molar-refractivity contribution < 1.29 is 18.3 Å². The maximum atomic E-state index is 13.4. The topological polar surface area (TPSA) is 64.4 Å². The molecule has 0 fully saturated rings. The molecule has 0 saturated carbocycles. The van der Waals surface area contributed by atoms with Gasteiger partial charge < -0.3 is 14.5 Å². The third-order valence-corrected chi connectivity index (χ3v) is 5.12. The molecule has 0 radical (unpaired) electrons. The number of rotatable bonds is 5. The lowest BCUT2D eigenvalue weighted by molar-refractivity contribution is 0.0981. The normalized spacial score (nSPS) is 11.2. The minimum atomic E-state index is -0.358. The van der Waals surface area contributed by atoms with Gasteiger partial charge in [-0.15, -0.1) is 0 Å². The van der Waals surface area contributed by atoms with Crippen LogP contribution in [0.5, 0.6) is 5.75 Å². The molecular weight excluding hydrogens is 355 g/mol. The van der Waals surface area contributed by atoms with E-state index >= 15 is 0 Å². The molecule has 0 atom stereocenters. The van der Waals surface area contributed by atoms with Gasteiger partial charge in [-0.25, -0.2) is 9.37 Å². The van der Waals surface area contributed by atoms with Crippen LogP contribution in [0.3, 0.4) is 0 Å². The van der Waals surface area contributed by atoms with Crippen LogP contribution < -0.4 is 10.1 Å². The van der Waals surface area contributed by atoms with E-state index in [1.54, 1.807) is 14.0 Å². The number of benzene rings is 2. The van der Waals surface area contributed by atoms with Crippen molar-refractivity contribution in [3.63, 3.8) is 0 Å². The lowest BCUT2D eigenvalue weighted by Gasteiger charge is -2.00. The summed E-state index contributed by atoms with van der Waals surface area (Å²) in [6, 6.07) is 9.83. The second-order valence-corrected chi connectivity index (χ2v) is 6.86. The number of hydrogen-bond acceptors (Lipinski definition) is 6. The third kappa shape index (κ3) is 2.90. The van der Waals surface area contributed by atoms with E-state index in [0.717, 1.165) is 16.0 Å². The molecular formula is C19H15FN2O3S. The van der Waals surface area contributed by atoms with Gasteiger partial charge in [0, 0.05) is 10.9 Å². The summed E-state index contributed by atoms with van der Waals surface area (Å²) in [5, 5.41) is 4.29. The van der Waals surface area contributed by atoms with Crippen molar-refractivity contribution in [2.75, 3.05) is 19.0 Å². The fourth-order valence-electron chi connectivity index (χ4n) is 2.80. The molecule has 26 heavy (non-hydrogen) atoms. The summed E-state index contributed by atoms with van der Waals surface area (Å²) >= 11 is 1.44. The number of thiazole rings is 1. The molecule has 5 nitrogen and oxygen atoms in total. The first-order valence-electron chi connectivity index (χ1n) is 7.95. The van der Waals surface area contributed by atoms with E-state index < -0.39 is 0 Å². The molecule has 0 spiro atoms. The standard InChI is InChI=1S/C19H15FN2O3S/c1-10-13-7-11(20)3-6-16(13)25-18(10)15(23)9-21-19-22-14-5-4-12(24-2)8-17(14)26-19/h3-8H,9H2,1-2H3,(H,21,22). The van der Waals surface area contributed by atoms with Gasteiger partial charge in [0.1, 0.15) is 17.1 Å². The molecule has 0 aliphatic carbocycles. The van der Waals surface area contributed by atoms with Gasteiger partial charge in [-0.05, 0) is 43.3 Å². The molecule has 2 heterocycles. The minimum Gasteiger partial charge on any atom is -0.497 e. The number of Topliss-reactive ketones (excluding diaryl/α,β-unsaturated/α-hetero) is 1. The van der Waals surface area contributed by atoms with Crippen LogP contribution >= 0.6 is 11.3 Å². The number of carbonyl (C=O) groups excluding carboxylic acids is 1. The quantitative estimate of drug-likeness (QED) is 0.512. The summed E-state index contributed by atoms with van der Waals surface area (Å²) in [7, 11) is 1.61. The van der Waals surface area contributed by atoms with Gasteiger partial charge in [0.15, 0.2) is 10.9 Å². The molecule has 0 aliphatic rings. The van der Waals surface area contributed by atoms with Crippen LogP contribution in [0.1, 0.15) is 16.1 Å². The summed E-state index contributed by atoms with van der Waals surface area (Å²) in [6.45, 7) is 1.79. The van der Waals surface area contributed by atoms with Crippen molar-refractivity contribution in [1.29, 1.82) is 0 Å². The van der Waals surface area contributed by atoms with Crippen molar-refractivity contribution in [2.24, 2.45) is 0 Å². The van der Waals surface area contributed by atoms with E-state index in [1.807, 2.05) is 18.2 Å². The predicted octanol–water partition coefficient (Wildman–Crippen LogP) is 4.79. The van der Waals surface area contributed by atoms with Gasteiger partial charge in [-0.2, -0.15) is 0 Å². The Morgan fingerprint density at radius 2 is 2.15 bits per heavy atom. The SMILES string of the molecule is COc1ccc2nc(NCC(=O)c3oc4ccc(F)cc4c3C)sc2c1. The zero-order valence-corrected chi connectivity index (χ0v) is 14.9. The number of nitrogens with one attached hydrogen (secondary N) is 1. The summed E-state index contributed by atoms with van der Waals surface area (Å²) in [6.07, 6.45) is 0. The van der Waals surface area contributed by atoms with Gasteiger partial charge in [0.2, 0.25) is 5.78 Å². The molecule has 0 aliphatic heterocycles. The number of carbonyl (C=O) groups is 1. The van der Waals surface area contributed by atoms with Crippen LogP contribution in [0.15, 0.2) is 40.8 Å². The number of fused-ring (bicyclic) bond motifs is 2. The molecule has 132 valence electrons. The molecule has 1 N–H and O–H groups in total. The molecule has 0 bridgehead atoms. The highest BCUT2D eigenvalue weighted by molar-refractivity contribution is 7.22. The Labute approximate surface area is 152 Å². The lowest BCUT2D eigenvalue weighted by Crippen LogP contribution is -2.14. The molecule has 7 heteroatoms. The number of hydrogen-bond donors (Lipinski definition) is 1. The van der Waals surface area contributed by atoms with E-state index in [4.69, 9.17) is 9.15 Å². The van der Waals surface area contributed by atoms with Crippen LogP contribution in [-0.4, -0.2) is 24.4 Å². The van der Waals surface area contributed by atoms with Crippen LogP contribution in [0.2, 0.25) is 0 Å². The molecule has 4 rings (SSSR count). The fourth-order valence-corrected chi connectivity index (χ4v) is 3.69. The second-order valence-electron chi connectivity index (χ2n) is 5.83. The van der Waals surface area contributed by atoms with Gasteiger partial charge >= 0.3 is 0 Å². The number of ketones is 1. The van der Waals surface area contributed by atoms with Gasteiger partial charge in [0.25, 0.3) is 0 Å². The van der Waals surface area contributed by atoms with Gasteiger partial charge in [-0.3, -0.25) is 4.79 Å². The summed E-state index contributed by atoms with van der Waals surface area (Å²) in [4.78, 5) is 17.0. The molecule has 0 amide bonds. The predicted molar refractivity (Wildman–Crippen MR) is 99.9 cm³/mol. The average Bonchev–Trinajstić information content (AvgIpc) is 3.20. The zero-order valence-electron chi connectivity index (χ0n) is 14.1. The first kappa shape index (κ1) is 16.5. The summed E-state index contributed by atoms with van der Waals surface area (Å²) in [5.41, 5.74) is 1.97. The van der Waals surface area contributed by atoms with E-state index in [9.17, 15) is 9.18 Å². The smallest absolute Gasteiger partial charge is 0.217 e. The minimum absolute atomic E-state index is 0.0418. The number of anilines is 1. The number of furan rings is 1. The van der Waals surface area contributed by atoms with Crippen LogP contribution in [0.4, 0.5) is 9.52 Å². The summed E-state index contributed by atoms with van der Waals surface area (Å²) < 4.78 is 25.2. The van der Waals surface area contributed by atoms with Crippen molar-refractivity contribution in [3.05, 3.63) is 53.5 Å². The Morgan fingerprint density at radius 1 is 1.31 bits per heavy atom. The second kappa shape index (κ2) is 6.42. The Kier molecular flexibility index (Phi) is 4.08. The Balaban J connectivity index is 1.54. The number of ether oxygens (including phenoxy) is 1. The summed E-state index contributed by atoms with van der Waals surface area (Å²) in [5.74, 6) is 0.425. The van der Waals surface area contributed by atoms with E-state index in [0.29, 0.717) is 21.7 Å². The van der Waals surface area contributed by atoms with Crippen LogP contribution in [0, 0.1) is 12.7 Å². The van der Waals surface area contributed by atoms with E-state index in [2.05, 4.69) is 10.3 Å². The maximum Gasteiger partial charge on any atom is 0.217 e. The fraction of sp³-hybridized carbons (Fsp3) is 0.158. The number of nitrogens with zero attached hydrogens (tertiary/aromatic N) is 1. The number of halogens is 1. The molecule has 4 aromatic rings. The first-order valence-corrected chi connectivity index (χ1v) is 8.77. The number of methoxy groups -OCH3 is 1. The highest BCUT2D eigenvalue weighted by Crippen LogP contribution is 2.30. The zero-order chi connectivity index (χ0) is 18.3. The lowest BCUT2D eigenvalue weighted by atomic mass is 10.1. The largest absolute Gasteiger partial charge is 0.497 e. The number of aromatic nitrogens is 1. The Morgan fingerprint density at radius 3 is 2.96 bits per heavy atom. The molecule has 2 aromatic heterocycles. The molecule has 2 aromatic carbocycles. The highest BCUT2D eigenvalue weighted by Gasteiger charge is 2.18.